The highest BCUT2D eigenvalue weighted by Crippen LogP contribution is 2.44. The van der Waals surface area contributed by atoms with Gasteiger partial charge >= 0.3 is 0 Å². The number of imide groups is 1. The Hall–Kier alpha value is -0.900. The van der Waals surface area contributed by atoms with Crippen LogP contribution in [-0.2, 0) is 9.59 Å². The number of hydrogen-bond acceptors (Lipinski definition) is 3. The van der Waals surface area contributed by atoms with Gasteiger partial charge in [0.2, 0.25) is 11.8 Å². The van der Waals surface area contributed by atoms with Gasteiger partial charge in [0.05, 0.1) is 5.41 Å². The molecule has 3 fully saturated rings. The summed E-state index contributed by atoms with van der Waals surface area (Å²) in [5.74, 6) is 0.209. The maximum atomic E-state index is 12.8. The first-order chi connectivity index (χ1) is 9.71. The molecule has 3 aliphatic rings. The van der Waals surface area contributed by atoms with E-state index in [1.165, 1.54) is 25.7 Å². The van der Waals surface area contributed by atoms with Crippen molar-refractivity contribution >= 4 is 11.8 Å². The summed E-state index contributed by atoms with van der Waals surface area (Å²) in [6.45, 7) is 1.62. The summed E-state index contributed by atoms with van der Waals surface area (Å²) in [6.07, 6.45) is 10.5. The number of nitrogens with zero attached hydrogens (tertiary/aromatic N) is 1. The molecule has 1 unspecified atom stereocenters. The molecule has 112 valence electrons. The van der Waals surface area contributed by atoms with Crippen LogP contribution in [0.15, 0.2) is 0 Å². The Morgan fingerprint density at radius 3 is 2.45 bits per heavy atom. The van der Waals surface area contributed by atoms with Crippen molar-refractivity contribution in [1.29, 1.82) is 0 Å². The van der Waals surface area contributed by atoms with Gasteiger partial charge in [0.1, 0.15) is 0 Å². The quantitative estimate of drug-likeness (QED) is 0.788. The summed E-state index contributed by atoms with van der Waals surface area (Å²) < 4.78 is 0. The highest BCUT2D eigenvalue weighted by Gasteiger charge is 2.51. The van der Waals surface area contributed by atoms with Gasteiger partial charge in [-0.3, -0.25) is 14.5 Å². The Labute approximate surface area is 121 Å². The van der Waals surface area contributed by atoms with Gasteiger partial charge in [-0.25, -0.2) is 0 Å². The zero-order valence-electron chi connectivity index (χ0n) is 12.3. The van der Waals surface area contributed by atoms with Crippen molar-refractivity contribution < 1.29 is 9.59 Å². The molecule has 1 aliphatic carbocycles. The number of carbonyl (C=O) groups is 2. The standard InChI is InChI=1S/C16H26N2O2/c19-14-11-16(8-4-1-2-5-9-16)15(20)18(14)12-13-7-3-6-10-17-13/h13,17H,1-12H2. The highest BCUT2D eigenvalue weighted by atomic mass is 16.2. The number of amides is 2. The minimum atomic E-state index is -0.331. The van der Waals surface area contributed by atoms with Crippen molar-refractivity contribution in [3.63, 3.8) is 0 Å². The van der Waals surface area contributed by atoms with Gasteiger partial charge in [0.15, 0.2) is 0 Å². The van der Waals surface area contributed by atoms with Crippen molar-refractivity contribution in [1.82, 2.24) is 10.2 Å². The second kappa shape index (κ2) is 5.84. The lowest BCUT2D eigenvalue weighted by molar-refractivity contribution is -0.142. The molecule has 1 atom stereocenters. The molecule has 4 nitrogen and oxygen atoms in total. The van der Waals surface area contributed by atoms with Gasteiger partial charge in [-0.2, -0.15) is 0 Å². The second-order valence-electron chi connectivity index (χ2n) is 6.83. The van der Waals surface area contributed by atoms with Crippen LogP contribution >= 0.6 is 0 Å². The normalized spacial score (nSPS) is 30.8. The predicted molar refractivity (Wildman–Crippen MR) is 77.1 cm³/mol. The van der Waals surface area contributed by atoms with Gasteiger partial charge in [-0.15, -0.1) is 0 Å². The minimum Gasteiger partial charge on any atom is -0.312 e. The van der Waals surface area contributed by atoms with E-state index in [0.29, 0.717) is 19.0 Å². The van der Waals surface area contributed by atoms with Crippen molar-refractivity contribution in [3.8, 4) is 0 Å². The average molecular weight is 278 g/mol. The fourth-order valence-electron chi connectivity index (χ4n) is 4.14. The molecule has 0 bridgehead atoms. The van der Waals surface area contributed by atoms with Crippen molar-refractivity contribution in [2.24, 2.45) is 5.41 Å². The molecule has 0 aromatic heterocycles. The zero-order chi connectivity index (χ0) is 14.0. The molecule has 2 saturated heterocycles. The third-order valence-corrected chi connectivity index (χ3v) is 5.37. The third kappa shape index (κ3) is 2.62. The summed E-state index contributed by atoms with van der Waals surface area (Å²) in [6, 6.07) is 0.317. The molecule has 0 radical (unpaired) electrons. The van der Waals surface area contributed by atoms with E-state index < -0.39 is 0 Å². The molecular formula is C16H26N2O2. The molecular weight excluding hydrogens is 252 g/mol. The Morgan fingerprint density at radius 1 is 1.05 bits per heavy atom. The number of likely N-dealkylation sites (tertiary alicyclic amines) is 1. The molecule has 2 aliphatic heterocycles. The van der Waals surface area contributed by atoms with E-state index in [4.69, 9.17) is 0 Å². The lowest BCUT2D eigenvalue weighted by atomic mass is 9.79. The first-order valence-corrected chi connectivity index (χ1v) is 8.29. The van der Waals surface area contributed by atoms with Crippen LogP contribution in [0.25, 0.3) is 0 Å². The molecule has 1 saturated carbocycles. The average Bonchev–Trinajstić information content (AvgIpc) is 2.65. The smallest absolute Gasteiger partial charge is 0.235 e. The summed E-state index contributed by atoms with van der Waals surface area (Å²) in [7, 11) is 0. The summed E-state index contributed by atoms with van der Waals surface area (Å²) in [5, 5.41) is 3.44. The molecule has 4 heteroatoms. The van der Waals surface area contributed by atoms with Crippen molar-refractivity contribution in [3.05, 3.63) is 0 Å². The van der Waals surface area contributed by atoms with Crippen molar-refractivity contribution in [2.75, 3.05) is 13.1 Å². The van der Waals surface area contributed by atoms with E-state index in [1.807, 2.05) is 0 Å². The van der Waals surface area contributed by atoms with Crippen LogP contribution in [0.3, 0.4) is 0 Å². The van der Waals surface area contributed by atoms with Crippen LogP contribution in [0.5, 0.6) is 0 Å². The summed E-state index contributed by atoms with van der Waals surface area (Å²) in [5.41, 5.74) is -0.331. The predicted octanol–water partition coefficient (Wildman–Crippen LogP) is 2.23. The van der Waals surface area contributed by atoms with E-state index in [-0.39, 0.29) is 17.2 Å². The molecule has 0 aromatic rings. The Balaban J connectivity index is 1.69. The van der Waals surface area contributed by atoms with Gasteiger partial charge in [0, 0.05) is 19.0 Å². The van der Waals surface area contributed by atoms with Crippen molar-refractivity contribution in [2.45, 2.75) is 70.3 Å². The molecule has 20 heavy (non-hydrogen) atoms. The highest BCUT2D eigenvalue weighted by molar-refractivity contribution is 6.05. The SMILES string of the molecule is O=C1CC2(CCCCCC2)C(=O)N1CC1CCCCN1. The van der Waals surface area contributed by atoms with E-state index in [0.717, 1.165) is 38.6 Å². The van der Waals surface area contributed by atoms with Crippen LogP contribution < -0.4 is 5.32 Å². The molecule has 2 amide bonds. The summed E-state index contributed by atoms with van der Waals surface area (Å²) in [4.78, 5) is 26.7. The maximum Gasteiger partial charge on any atom is 0.235 e. The Morgan fingerprint density at radius 2 is 1.80 bits per heavy atom. The van der Waals surface area contributed by atoms with E-state index >= 15 is 0 Å². The Bertz CT molecular complexity index is 380. The first kappa shape index (κ1) is 14.1. The van der Waals surface area contributed by atoms with Crippen LogP contribution in [0.2, 0.25) is 0 Å². The fraction of sp³-hybridized carbons (Fsp3) is 0.875. The van der Waals surface area contributed by atoms with Gasteiger partial charge in [-0.1, -0.05) is 32.1 Å². The summed E-state index contributed by atoms with van der Waals surface area (Å²) >= 11 is 0. The largest absolute Gasteiger partial charge is 0.312 e. The second-order valence-corrected chi connectivity index (χ2v) is 6.83. The first-order valence-electron chi connectivity index (χ1n) is 8.29. The van der Waals surface area contributed by atoms with Gasteiger partial charge < -0.3 is 5.32 Å². The number of hydrogen-bond donors (Lipinski definition) is 1. The van der Waals surface area contributed by atoms with Gasteiger partial charge in [-0.05, 0) is 32.2 Å². The lowest BCUT2D eigenvalue weighted by Gasteiger charge is -2.29. The number of piperidine rings is 1. The van der Waals surface area contributed by atoms with E-state index in [1.54, 1.807) is 4.90 Å². The number of nitrogens with one attached hydrogen (secondary N) is 1. The van der Waals surface area contributed by atoms with Crippen LogP contribution in [0, 0.1) is 5.41 Å². The molecule has 1 N–H and O–H groups in total. The van der Waals surface area contributed by atoms with E-state index in [2.05, 4.69) is 5.32 Å². The fourth-order valence-corrected chi connectivity index (χ4v) is 4.14. The molecule has 2 heterocycles. The van der Waals surface area contributed by atoms with Gasteiger partial charge in [0.25, 0.3) is 0 Å². The van der Waals surface area contributed by atoms with E-state index in [9.17, 15) is 9.59 Å². The number of carbonyl (C=O) groups excluding carboxylic acids is 2. The molecule has 0 aromatic carbocycles. The Kier molecular flexibility index (Phi) is 4.11. The topological polar surface area (TPSA) is 49.4 Å². The molecule has 1 spiro atoms. The monoisotopic (exact) mass is 278 g/mol. The van der Waals surface area contributed by atoms with Crippen LogP contribution in [-0.4, -0.2) is 35.8 Å². The maximum absolute atomic E-state index is 12.8. The third-order valence-electron chi connectivity index (χ3n) is 5.37. The lowest BCUT2D eigenvalue weighted by Crippen LogP contribution is -2.46. The molecule has 3 rings (SSSR count). The van der Waals surface area contributed by atoms with Crippen LogP contribution in [0.4, 0.5) is 0 Å². The van der Waals surface area contributed by atoms with Crippen LogP contribution in [0.1, 0.15) is 64.2 Å². The minimum absolute atomic E-state index is 0.0734. The number of rotatable bonds is 2. The zero-order valence-corrected chi connectivity index (χ0v) is 12.3.